The quantitative estimate of drug-likeness (QED) is 0.600. The molecule has 0 bridgehead atoms. The van der Waals surface area contributed by atoms with Crippen LogP contribution in [-0.4, -0.2) is 28.8 Å². The minimum atomic E-state index is -0.727. The minimum Gasteiger partial charge on any atom is -0.465 e. The molecule has 0 saturated carbocycles. The molecular formula is C12H19NO3S. The molecular weight excluding hydrogens is 238 g/mol. The Labute approximate surface area is 106 Å². The predicted octanol–water partition coefficient (Wildman–Crippen LogP) is 2.03. The Bertz CT molecular complexity index is 327. The van der Waals surface area contributed by atoms with Crippen LogP contribution in [0.15, 0.2) is 11.6 Å². The van der Waals surface area contributed by atoms with E-state index in [2.05, 4.69) is 4.98 Å². The third-order valence-corrected chi connectivity index (χ3v) is 3.36. The highest BCUT2D eigenvalue weighted by molar-refractivity contribution is 7.09. The van der Waals surface area contributed by atoms with Crippen molar-refractivity contribution in [2.75, 3.05) is 6.61 Å². The molecule has 0 aliphatic carbocycles. The van der Waals surface area contributed by atoms with Crippen molar-refractivity contribution in [1.82, 2.24) is 4.98 Å². The van der Waals surface area contributed by atoms with Crippen molar-refractivity contribution in [2.45, 2.75) is 39.2 Å². The average molecular weight is 257 g/mol. The van der Waals surface area contributed by atoms with E-state index in [9.17, 15) is 9.90 Å². The van der Waals surface area contributed by atoms with E-state index in [1.807, 2.05) is 12.3 Å². The van der Waals surface area contributed by atoms with Crippen LogP contribution in [0.5, 0.6) is 0 Å². The van der Waals surface area contributed by atoms with Gasteiger partial charge in [0.15, 0.2) is 0 Å². The van der Waals surface area contributed by atoms with Gasteiger partial charge in [-0.05, 0) is 13.3 Å². The molecule has 1 aromatic rings. The van der Waals surface area contributed by atoms with Gasteiger partial charge >= 0.3 is 5.97 Å². The Morgan fingerprint density at radius 3 is 3.00 bits per heavy atom. The van der Waals surface area contributed by atoms with Crippen LogP contribution in [0.2, 0.25) is 0 Å². The highest BCUT2D eigenvalue weighted by Crippen LogP contribution is 2.14. The lowest BCUT2D eigenvalue weighted by atomic mass is 10.0. The molecule has 1 rings (SSSR count). The number of esters is 1. The summed E-state index contributed by atoms with van der Waals surface area (Å²) < 4.78 is 5.07. The number of hydrogen-bond acceptors (Lipinski definition) is 5. The molecule has 0 spiro atoms. The van der Waals surface area contributed by atoms with Crippen molar-refractivity contribution >= 4 is 17.3 Å². The highest BCUT2D eigenvalue weighted by atomic mass is 32.1. The maximum Gasteiger partial charge on any atom is 0.311 e. The first-order valence-corrected chi connectivity index (χ1v) is 6.76. The number of carbonyl (C=O) groups excluding carboxylic acids is 1. The molecule has 0 aliphatic heterocycles. The maximum atomic E-state index is 11.6. The van der Waals surface area contributed by atoms with E-state index in [0.717, 1.165) is 17.8 Å². The second kappa shape index (κ2) is 7.40. The van der Waals surface area contributed by atoms with Gasteiger partial charge in [0.25, 0.3) is 0 Å². The standard InChI is InChI=1S/C12H19NO3S/c1-3-4-6-16-12(15)9(2)10(14)8-11-13-5-7-17-11/h5,7,9-10,14H,3-4,6,8H2,1-2H3. The molecule has 1 heterocycles. The number of ether oxygens (including phenoxy) is 1. The zero-order chi connectivity index (χ0) is 12.7. The lowest BCUT2D eigenvalue weighted by Gasteiger charge is -2.16. The summed E-state index contributed by atoms with van der Waals surface area (Å²) in [4.78, 5) is 15.7. The van der Waals surface area contributed by atoms with Gasteiger partial charge in [-0.15, -0.1) is 11.3 Å². The number of carbonyl (C=O) groups is 1. The number of aromatic nitrogens is 1. The summed E-state index contributed by atoms with van der Waals surface area (Å²) >= 11 is 1.48. The second-order valence-corrected chi connectivity index (χ2v) is 4.99. The molecule has 96 valence electrons. The van der Waals surface area contributed by atoms with Gasteiger partial charge in [-0.25, -0.2) is 4.98 Å². The van der Waals surface area contributed by atoms with Crippen LogP contribution >= 0.6 is 11.3 Å². The second-order valence-electron chi connectivity index (χ2n) is 4.01. The van der Waals surface area contributed by atoms with Gasteiger partial charge in [0.05, 0.1) is 23.6 Å². The summed E-state index contributed by atoms with van der Waals surface area (Å²) in [5.74, 6) is -0.835. The molecule has 0 aliphatic rings. The van der Waals surface area contributed by atoms with Gasteiger partial charge in [-0.2, -0.15) is 0 Å². The number of hydrogen-bond donors (Lipinski definition) is 1. The largest absolute Gasteiger partial charge is 0.465 e. The maximum absolute atomic E-state index is 11.6. The number of rotatable bonds is 7. The van der Waals surface area contributed by atoms with Crippen LogP contribution in [0.1, 0.15) is 31.7 Å². The lowest BCUT2D eigenvalue weighted by Crippen LogP contribution is -2.29. The summed E-state index contributed by atoms with van der Waals surface area (Å²) in [6.07, 6.45) is 3.22. The Hall–Kier alpha value is -0.940. The van der Waals surface area contributed by atoms with E-state index in [-0.39, 0.29) is 5.97 Å². The molecule has 1 aromatic heterocycles. The molecule has 0 aromatic carbocycles. The van der Waals surface area contributed by atoms with Crippen LogP contribution in [0.25, 0.3) is 0 Å². The van der Waals surface area contributed by atoms with Crippen LogP contribution in [-0.2, 0) is 16.0 Å². The van der Waals surface area contributed by atoms with Crippen LogP contribution < -0.4 is 0 Å². The Morgan fingerprint density at radius 1 is 1.65 bits per heavy atom. The van der Waals surface area contributed by atoms with E-state index in [0.29, 0.717) is 13.0 Å². The minimum absolute atomic E-state index is 0.331. The predicted molar refractivity (Wildman–Crippen MR) is 66.9 cm³/mol. The molecule has 0 amide bonds. The molecule has 2 unspecified atom stereocenters. The summed E-state index contributed by atoms with van der Waals surface area (Å²) in [7, 11) is 0. The summed E-state index contributed by atoms with van der Waals surface area (Å²) in [5.41, 5.74) is 0. The molecule has 0 fully saturated rings. The summed E-state index contributed by atoms with van der Waals surface area (Å²) in [6, 6.07) is 0. The fraction of sp³-hybridized carbons (Fsp3) is 0.667. The third kappa shape index (κ3) is 4.83. The van der Waals surface area contributed by atoms with Crippen molar-refractivity contribution in [3.8, 4) is 0 Å². The molecule has 4 nitrogen and oxygen atoms in total. The van der Waals surface area contributed by atoms with E-state index in [1.165, 1.54) is 11.3 Å². The first-order chi connectivity index (χ1) is 8.15. The Morgan fingerprint density at radius 2 is 2.41 bits per heavy atom. The fourth-order valence-corrected chi connectivity index (χ4v) is 1.98. The van der Waals surface area contributed by atoms with Crippen molar-refractivity contribution in [3.05, 3.63) is 16.6 Å². The number of aliphatic hydroxyl groups excluding tert-OH is 1. The van der Waals surface area contributed by atoms with E-state index in [1.54, 1.807) is 13.1 Å². The van der Waals surface area contributed by atoms with Gasteiger partial charge in [0, 0.05) is 18.0 Å². The first-order valence-electron chi connectivity index (χ1n) is 5.88. The lowest BCUT2D eigenvalue weighted by molar-refractivity contribution is -0.151. The topological polar surface area (TPSA) is 59.4 Å². The van der Waals surface area contributed by atoms with Crippen LogP contribution in [0, 0.1) is 5.92 Å². The third-order valence-electron chi connectivity index (χ3n) is 2.56. The van der Waals surface area contributed by atoms with Gasteiger partial charge in [-0.1, -0.05) is 13.3 Å². The molecule has 2 atom stereocenters. The Balaban J connectivity index is 2.35. The van der Waals surface area contributed by atoms with E-state index in [4.69, 9.17) is 4.74 Å². The molecule has 17 heavy (non-hydrogen) atoms. The van der Waals surface area contributed by atoms with Crippen molar-refractivity contribution in [1.29, 1.82) is 0 Å². The number of unbranched alkanes of at least 4 members (excludes halogenated alkanes) is 1. The number of thiazole rings is 1. The average Bonchev–Trinajstić information content (AvgIpc) is 2.81. The first kappa shape index (κ1) is 14.1. The van der Waals surface area contributed by atoms with Crippen LogP contribution in [0.3, 0.4) is 0 Å². The van der Waals surface area contributed by atoms with Crippen molar-refractivity contribution in [2.24, 2.45) is 5.92 Å². The molecule has 5 heteroatoms. The van der Waals surface area contributed by atoms with Gasteiger partial charge in [0.2, 0.25) is 0 Å². The molecule has 0 radical (unpaired) electrons. The SMILES string of the molecule is CCCCOC(=O)C(C)C(O)Cc1nccs1. The molecule has 1 N–H and O–H groups in total. The Kier molecular flexibility index (Phi) is 6.15. The number of aliphatic hydroxyl groups is 1. The summed E-state index contributed by atoms with van der Waals surface area (Å²) in [6.45, 7) is 4.16. The van der Waals surface area contributed by atoms with E-state index >= 15 is 0 Å². The van der Waals surface area contributed by atoms with E-state index < -0.39 is 12.0 Å². The number of nitrogens with zero attached hydrogens (tertiary/aromatic N) is 1. The van der Waals surface area contributed by atoms with Gasteiger partial charge in [0.1, 0.15) is 0 Å². The van der Waals surface area contributed by atoms with Gasteiger partial charge < -0.3 is 9.84 Å². The normalized spacial score (nSPS) is 14.3. The zero-order valence-corrected chi connectivity index (χ0v) is 11.1. The van der Waals surface area contributed by atoms with Crippen molar-refractivity contribution < 1.29 is 14.6 Å². The van der Waals surface area contributed by atoms with Crippen LogP contribution in [0.4, 0.5) is 0 Å². The zero-order valence-electron chi connectivity index (χ0n) is 10.3. The monoisotopic (exact) mass is 257 g/mol. The molecule has 0 saturated heterocycles. The summed E-state index contributed by atoms with van der Waals surface area (Å²) in [5, 5.41) is 12.6. The van der Waals surface area contributed by atoms with Gasteiger partial charge in [-0.3, -0.25) is 4.79 Å². The smallest absolute Gasteiger partial charge is 0.311 e. The van der Waals surface area contributed by atoms with Crippen molar-refractivity contribution in [3.63, 3.8) is 0 Å². The highest BCUT2D eigenvalue weighted by Gasteiger charge is 2.24. The fourth-order valence-electron chi connectivity index (χ4n) is 1.32.